The molecule has 0 radical (unpaired) electrons. The van der Waals surface area contributed by atoms with Crippen LogP contribution in [-0.4, -0.2) is 46.8 Å². The van der Waals surface area contributed by atoms with Crippen LogP contribution in [0.3, 0.4) is 0 Å². The van der Waals surface area contributed by atoms with E-state index in [1.807, 2.05) is 6.92 Å². The Labute approximate surface area is 114 Å². The summed E-state index contributed by atoms with van der Waals surface area (Å²) >= 11 is 1.79. The Morgan fingerprint density at radius 1 is 1.44 bits per heavy atom. The van der Waals surface area contributed by atoms with Gasteiger partial charge in [0.15, 0.2) is 0 Å². The Morgan fingerprint density at radius 2 is 2.11 bits per heavy atom. The summed E-state index contributed by atoms with van der Waals surface area (Å²) < 4.78 is 0. The molecular formula is C13H24N2O2S. The minimum Gasteiger partial charge on any atom is -0.343 e. The summed E-state index contributed by atoms with van der Waals surface area (Å²) in [5.41, 5.74) is 0. The van der Waals surface area contributed by atoms with Crippen LogP contribution in [0.4, 0.5) is 0 Å². The maximum atomic E-state index is 12.3. The molecular weight excluding hydrogens is 248 g/mol. The summed E-state index contributed by atoms with van der Waals surface area (Å²) in [4.78, 5) is 25.9. The van der Waals surface area contributed by atoms with Gasteiger partial charge in [0.25, 0.3) is 0 Å². The molecule has 1 saturated heterocycles. The standard InChI is InChI=1S/C13H24N2O2S/c1-5-6-11-13(17)15(8-7-9(2)18-4)10(3)12(16)14-11/h9-11H,5-8H2,1-4H3,(H,14,16). The molecule has 0 aromatic carbocycles. The summed E-state index contributed by atoms with van der Waals surface area (Å²) in [6, 6.07) is -0.650. The van der Waals surface area contributed by atoms with Gasteiger partial charge in [0.05, 0.1) is 0 Å². The number of carbonyl (C=O) groups excluding carboxylic acids is 2. The maximum absolute atomic E-state index is 12.3. The lowest BCUT2D eigenvalue weighted by Crippen LogP contribution is -2.62. The minimum atomic E-state index is -0.334. The fourth-order valence-corrected chi connectivity index (χ4v) is 2.45. The van der Waals surface area contributed by atoms with E-state index >= 15 is 0 Å². The van der Waals surface area contributed by atoms with Crippen molar-refractivity contribution in [1.82, 2.24) is 10.2 Å². The number of nitrogens with zero attached hydrogens (tertiary/aromatic N) is 1. The van der Waals surface area contributed by atoms with Crippen molar-refractivity contribution >= 4 is 23.6 Å². The highest BCUT2D eigenvalue weighted by Gasteiger charge is 2.37. The second-order valence-corrected chi connectivity index (χ2v) is 6.17. The molecule has 1 N–H and O–H groups in total. The van der Waals surface area contributed by atoms with E-state index in [0.717, 1.165) is 19.3 Å². The van der Waals surface area contributed by atoms with E-state index < -0.39 is 0 Å². The molecule has 3 atom stereocenters. The van der Waals surface area contributed by atoms with Gasteiger partial charge in [-0.2, -0.15) is 11.8 Å². The van der Waals surface area contributed by atoms with Gasteiger partial charge in [-0.05, 0) is 26.0 Å². The van der Waals surface area contributed by atoms with Crippen LogP contribution in [0.5, 0.6) is 0 Å². The van der Waals surface area contributed by atoms with Gasteiger partial charge in [-0.25, -0.2) is 0 Å². The van der Waals surface area contributed by atoms with E-state index in [2.05, 4.69) is 18.5 Å². The molecule has 0 aromatic heterocycles. The topological polar surface area (TPSA) is 49.4 Å². The van der Waals surface area contributed by atoms with Crippen LogP contribution >= 0.6 is 11.8 Å². The van der Waals surface area contributed by atoms with Crippen molar-refractivity contribution in [1.29, 1.82) is 0 Å². The zero-order valence-corrected chi connectivity index (χ0v) is 12.5. The quantitative estimate of drug-likeness (QED) is 0.800. The number of hydrogen-bond donors (Lipinski definition) is 1. The highest BCUT2D eigenvalue weighted by Crippen LogP contribution is 2.16. The minimum absolute atomic E-state index is 0.0233. The van der Waals surface area contributed by atoms with Crippen LogP contribution in [0.2, 0.25) is 0 Å². The van der Waals surface area contributed by atoms with Crippen LogP contribution in [0.1, 0.15) is 40.0 Å². The molecule has 0 aliphatic carbocycles. The largest absolute Gasteiger partial charge is 0.343 e. The van der Waals surface area contributed by atoms with Gasteiger partial charge in [-0.3, -0.25) is 9.59 Å². The monoisotopic (exact) mass is 272 g/mol. The summed E-state index contributed by atoms with van der Waals surface area (Å²) in [5.74, 6) is 0.0575. The summed E-state index contributed by atoms with van der Waals surface area (Å²) in [6.07, 6.45) is 4.63. The first-order valence-electron chi connectivity index (χ1n) is 6.64. The van der Waals surface area contributed by atoms with E-state index in [1.54, 1.807) is 23.6 Å². The van der Waals surface area contributed by atoms with E-state index in [0.29, 0.717) is 11.8 Å². The number of hydrogen-bond acceptors (Lipinski definition) is 3. The molecule has 1 heterocycles. The number of nitrogens with one attached hydrogen (secondary N) is 1. The van der Waals surface area contributed by atoms with Crippen molar-refractivity contribution in [3.8, 4) is 0 Å². The molecule has 2 amide bonds. The predicted molar refractivity (Wildman–Crippen MR) is 75.6 cm³/mol. The molecule has 1 fully saturated rings. The fourth-order valence-electron chi connectivity index (χ4n) is 2.11. The summed E-state index contributed by atoms with van der Waals surface area (Å²) in [6.45, 7) is 6.65. The lowest BCUT2D eigenvalue weighted by Gasteiger charge is -2.37. The smallest absolute Gasteiger partial charge is 0.245 e. The molecule has 1 aliphatic rings. The second-order valence-electron chi connectivity index (χ2n) is 4.89. The van der Waals surface area contributed by atoms with Crippen molar-refractivity contribution in [3.05, 3.63) is 0 Å². The van der Waals surface area contributed by atoms with Crippen LogP contribution in [0.15, 0.2) is 0 Å². The van der Waals surface area contributed by atoms with Crippen LogP contribution < -0.4 is 5.32 Å². The van der Waals surface area contributed by atoms with Gasteiger partial charge in [0, 0.05) is 11.8 Å². The Hall–Kier alpha value is -0.710. The Kier molecular flexibility index (Phi) is 5.99. The SMILES string of the molecule is CCCC1NC(=O)C(C)N(CCC(C)SC)C1=O. The van der Waals surface area contributed by atoms with E-state index in [4.69, 9.17) is 0 Å². The second kappa shape index (κ2) is 7.02. The zero-order chi connectivity index (χ0) is 13.7. The predicted octanol–water partition coefficient (Wildman–Crippen LogP) is 1.64. The molecule has 0 bridgehead atoms. The molecule has 0 aromatic rings. The Balaban J connectivity index is 2.66. The van der Waals surface area contributed by atoms with Crippen molar-refractivity contribution in [3.63, 3.8) is 0 Å². The lowest BCUT2D eigenvalue weighted by molar-refractivity contribution is -0.148. The van der Waals surface area contributed by atoms with Gasteiger partial charge in [-0.15, -0.1) is 0 Å². The van der Waals surface area contributed by atoms with Gasteiger partial charge in [0.2, 0.25) is 11.8 Å². The number of amides is 2. The molecule has 5 heteroatoms. The van der Waals surface area contributed by atoms with Gasteiger partial charge in [0.1, 0.15) is 12.1 Å². The average molecular weight is 272 g/mol. The normalized spacial score (nSPS) is 26.1. The van der Waals surface area contributed by atoms with Crippen LogP contribution in [0.25, 0.3) is 0 Å². The van der Waals surface area contributed by atoms with E-state index in [1.165, 1.54) is 0 Å². The lowest BCUT2D eigenvalue weighted by atomic mass is 10.0. The summed E-state index contributed by atoms with van der Waals surface area (Å²) in [5, 5.41) is 3.33. The third-order valence-corrected chi connectivity index (χ3v) is 4.54. The van der Waals surface area contributed by atoms with Gasteiger partial charge in [-0.1, -0.05) is 20.3 Å². The molecule has 4 nitrogen and oxygen atoms in total. The van der Waals surface area contributed by atoms with Gasteiger partial charge >= 0.3 is 0 Å². The third kappa shape index (κ3) is 3.64. The molecule has 0 spiro atoms. The summed E-state index contributed by atoms with van der Waals surface area (Å²) in [7, 11) is 0. The molecule has 104 valence electrons. The van der Waals surface area contributed by atoms with Crippen molar-refractivity contribution in [2.75, 3.05) is 12.8 Å². The Morgan fingerprint density at radius 3 is 2.67 bits per heavy atom. The number of carbonyl (C=O) groups is 2. The molecule has 1 rings (SSSR count). The maximum Gasteiger partial charge on any atom is 0.245 e. The van der Waals surface area contributed by atoms with Crippen LogP contribution in [0, 0.1) is 0 Å². The number of rotatable bonds is 6. The van der Waals surface area contributed by atoms with Crippen molar-refractivity contribution in [2.24, 2.45) is 0 Å². The number of piperazine rings is 1. The molecule has 18 heavy (non-hydrogen) atoms. The van der Waals surface area contributed by atoms with E-state index in [-0.39, 0.29) is 23.9 Å². The zero-order valence-electron chi connectivity index (χ0n) is 11.7. The number of thioether (sulfide) groups is 1. The van der Waals surface area contributed by atoms with Crippen LogP contribution in [-0.2, 0) is 9.59 Å². The third-order valence-electron chi connectivity index (χ3n) is 3.50. The van der Waals surface area contributed by atoms with E-state index in [9.17, 15) is 9.59 Å². The molecule has 3 unspecified atom stereocenters. The first kappa shape index (κ1) is 15.3. The first-order valence-corrected chi connectivity index (χ1v) is 7.93. The fraction of sp³-hybridized carbons (Fsp3) is 0.846. The first-order chi connectivity index (χ1) is 8.51. The Bertz CT molecular complexity index is 309. The highest BCUT2D eigenvalue weighted by molar-refractivity contribution is 7.99. The average Bonchev–Trinajstić information content (AvgIpc) is 2.35. The van der Waals surface area contributed by atoms with Crippen molar-refractivity contribution < 1.29 is 9.59 Å². The van der Waals surface area contributed by atoms with Crippen molar-refractivity contribution in [2.45, 2.75) is 57.4 Å². The molecule has 0 saturated carbocycles. The molecule has 1 aliphatic heterocycles. The van der Waals surface area contributed by atoms with Gasteiger partial charge < -0.3 is 10.2 Å². The highest BCUT2D eigenvalue weighted by atomic mass is 32.2.